The fourth-order valence-electron chi connectivity index (χ4n) is 2.23. The number of halogens is 1. The maximum atomic E-state index is 12.0. The highest BCUT2D eigenvalue weighted by Gasteiger charge is 2.13. The first-order valence-electron chi connectivity index (χ1n) is 6.58. The van der Waals surface area contributed by atoms with Crippen molar-refractivity contribution in [3.63, 3.8) is 0 Å². The fraction of sp³-hybridized carbons (Fsp3) is 0.538. The van der Waals surface area contributed by atoms with Gasteiger partial charge in [0.05, 0.1) is 10.6 Å². The van der Waals surface area contributed by atoms with Crippen molar-refractivity contribution < 1.29 is 4.79 Å². The molecule has 1 aliphatic rings. The zero-order valence-corrected chi connectivity index (χ0v) is 11.6. The van der Waals surface area contributed by atoms with Gasteiger partial charge in [0, 0.05) is 19.3 Å². The minimum atomic E-state index is -0.198. The highest BCUT2D eigenvalue weighted by molar-refractivity contribution is 6.33. The van der Waals surface area contributed by atoms with Gasteiger partial charge in [-0.2, -0.15) is 0 Å². The van der Waals surface area contributed by atoms with Crippen LogP contribution in [-0.2, 0) is 0 Å². The molecule has 0 saturated carbocycles. The maximum Gasteiger partial charge on any atom is 0.253 e. The number of hydrogen-bond donors (Lipinski definition) is 2. The second kappa shape index (κ2) is 6.73. The number of aromatic nitrogens is 1. The summed E-state index contributed by atoms with van der Waals surface area (Å²) in [7, 11) is 0. The number of carbonyl (C=O) groups is 1. The molecule has 6 heteroatoms. The molecule has 1 saturated heterocycles. The Morgan fingerprint density at radius 3 is 2.89 bits per heavy atom. The minimum absolute atomic E-state index is 0.198. The summed E-state index contributed by atoms with van der Waals surface area (Å²) in [4.78, 5) is 18.2. The average molecular weight is 283 g/mol. The number of nitrogens with two attached hydrogens (primary N) is 1. The van der Waals surface area contributed by atoms with Crippen molar-refractivity contribution in [3.8, 4) is 0 Å². The van der Waals surface area contributed by atoms with Crippen LogP contribution in [0.1, 0.15) is 29.6 Å². The van der Waals surface area contributed by atoms with Crippen molar-refractivity contribution in [2.45, 2.75) is 19.3 Å². The van der Waals surface area contributed by atoms with Gasteiger partial charge in [0.15, 0.2) is 0 Å². The van der Waals surface area contributed by atoms with E-state index in [1.165, 1.54) is 31.5 Å². The van der Waals surface area contributed by atoms with E-state index in [9.17, 15) is 4.79 Å². The molecule has 1 aliphatic heterocycles. The molecule has 19 heavy (non-hydrogen) atoms. The lowest BCUT2D eigenvalue weighted by Crippen LogP contribution is -2.37. The number of pyridine rings is 1. The van der Waals surface area contributed by atoms with Crippen LogP contribution in [0, 0.1) is 0 Å². The molecular formula is C13H19ClN4O. The molecule has 0 aromatic carbocycles. The second-order valence-corrected chi connectivity index (χ2v) is 5.15. The first-order valence-corrected chi connectivity index (χ1v) is 6.96. The van der Waals surface area contributed by atoms with E-state index >= 15 is 0 Å². The van der Waals surface area contributed by atoms with E-state index in [0.29, 0.717) is 22.9 Å². The third-order valence-corrected chi connectivity index (χ3v) is 3.58. The summed E-state index contributed by atoms with van der Waals surface area (Å²) in [5.74, 6) is 0.0988. The Morgan fingerprint density at radius 1 is 1.42 bits per heavy atom. The van der Waals surface area contributed by atoms with E-state index in [-0.39, 0.29) is 5.91 Å². The van der Waals surface area contributed by atoms with Gasteiger partial charge in [-0.25, -0.2) is 4.98 Å². The number of hydrogen-bond acceptors (Lipinski definition) is 4. The number of likely N-dealkylation sites (tertiary alicyclic amines) is 1. The largest absolute Gasteiger partial charge is 0.384 e. The molecule has 1 aromatic rings. The Labute approximate surface area is 118 Å². The first kappa shape index (κ1) is 14.1. The minimum Gasteiger partial charge on any atom is -0.384 e. The predicted molar refractivity (Wildman–Crippen MR) is 76.3 cm³/mol. The standard InChI is InChI=1S/C13H19ClN4O/c14-11-9-17-12(15)8-10(11)13(19)16-4-7-18-5-2-1-3-6-18/h8-9H,1-7H2,(H2,15,17)(H,16,19). The van der Waals surface area contributed by atoms with Gasteiger partial charge < -0.3 is 16.0 Å². The summed E-state index contributed by atoms with van der Waals surface area (Å²) < 4.78 is 0. The summed E-state index contributed by atoms with van der Waals surface area (Å²) in [5.41, 5.74) is 5.94. The summed E-state index contributed by atoms with van der Waals surface area (Å²) >= 11 is 5.93. The molecule has 0 atom stereocenters. The second-order valence-electron chi connectivity index (χ2n) is 4.75. The zero-order chi connectivity index (χ0) is 13.7. The van der Waals surface area contributed by atoms with Gasteiger partial charge in [-0.15, -0.1) is 0 Å². The van der Waals surface area contributed by atoms with E-state index in [4.69, 9.17) is 17.3 Å². The predicted octanol–water partition coefficient (Wildman–Crippen LogP) is 1.53. The summed E-state index contributed by atoms with van der Waals surface area (Å²) in [6, 6.07) is 1.50. The van der Waals surface area contributed by atoms with Crippen molar-refractivity contribution in [1.29, 1.82) is 0 Å². The Balaban J connectivity index is 1.82. The number of amides is 1. The Kier molecular flexibility index (Phi) is 4.99. The van der Waals surface area contributed by atoms with Gasteiger partial charge in [0.1, 0.15) is 5.82 Å². The SMILES string of the molecule is Nc1cc(C(=O)NCCN2CCCCC2)c(Cl)cn1. The summed E-state index contributed by atoms with van der Waals surface area (Å²) in [5, 5.41) is 3.19. The van der Waals surface area contributed by atoms with Gasteiger partial charge in [-0.3, -0.25) is 4.79 Å². The molecular weight excluding hydrogens is 264 g/mol. The number of carbonyl (C=O) groups excluding carboxylic acids is 1. The molecule has 5 nitrogen and oxygen atoms in total. The lowest BCUT2D eigenvalue weighted by atomic mass is 10.1. The molecule has 2 rings (SSSR count). The van der Waals surface area contributed by atoms with E-state index < -0.39 is 0 Å². The average Bonchev–Trinajstić information content (AvgIpc) is 2.42. The number of nitrogens with one attached hydrogen (secondary N) is 1. The van der Waals surface area contributed by atoms with Crippen LogP contribution in [0.5, 0.6) is 0 Å². The number of rotatable bonds is 4. The van der Waals surface area contributed by atoms with E-state index in [0.717, 1.165) is 19.6 Å². The van der Waals surface area contributed by atoms with Gasteiger partial charge >= 0.3 is 0 Å². The van der Waals surface area contributed by atoms with Crippen LogP contribution in [0.4, 0.5) is 5.82 Å². The Morgan fingerprint density at radius 2 is 2.16 bits per heavy atom. The third kappa shape index (κ3) is 4.08. The van der Waals surface area contributed by atoms with Crippen LogP contribution >= 0.6 is 11.6 Å². The molecule has 0 spiro atoms. The van der Waals surface area contributed by atoms with Crippen LogP contribution in [0.25, 0.3) is 0 Å². The maximum absolute atomic E-state index is 12.0. The smallest absolute Gasteiger partial charge is 0.253 e. The molecule has 0 bridgehead atoms. The van der Waals surface area contributed by atoms with Crippen molar-refractivity contribution in [2.75, 3.05) is 31.9 Å². The molecule has 1 amide bonds. The number of nitrogens with zero attached hydrogens (tertiary/aromatic N) is 2. The van der Waals surface area contributed by atoms with Crippen LogP contribution in [0.3, 0.4) is 0 Å². The van der Waals surface area contributed by atoms with Crippen LogP contribution < -0.4 is 11.1 Å². The van der Waals surface area contributed by atoms with Crippen molar-refractivity contribution in [3.05, 3.63) is 22.8 Å². The lowest BCUT2D eigenvalue weighted by Gasteiger charge is -2.26. The van der Waals surface area contributed by atoms with Crippen LogP contribution in [0.15, 0.2) is 12.3 Å². The lowest BCUT2D eigenvalue weighted by molar-refractivity contribution is 0.0946. The van der Waals surface area contributed by atoms with E-state index in [2.05, 4.69) is 15.2 Å². The van der Waals surface area contributed by atoms with Gasteiger partial charge in [-0.05, 0) is 32.0 Å². The highest BCUT2D eigenvalue weighted by Crippen LogP contribution is 2.16. The summed E-state index contributed by atoms with van der Waals surface area (Å²) in [6.45, 7) is 3.75. The van der Waals surface area contributed by atoms with Crippen molar-refractivity contribution in [2.24, 2.45) is 0 Å². The van der Waals surface area contributed by atoms with Crippen LogP contribution in [0.2, 0.25) is 5.02 Å². The van der Waals surface area contributed by atoms with Gasteiger partial charge in [0.2, 0.25) is 0 Å². The highest BCUT2D eigenvalue weighted by atomic mass is 35.5. The van der Waals surface area contributed by atoms with Crippen LogP contribution in [-0.4, -0.2) is 42.0 Å². The quantitative estimate of drug-likeness (QED) is 0.879. The molecule has 0 unspecified atom stereocenters. The molecule has 3 N–H and O–H groups in total. The summed E-state index contributed by atoms with van der Waals surface area (Å²) in [6.07, 6.45) is 5.21. The van der Waals surface area contributed by atoms with E-state index in [1.54, 1.807) is 0 Å². The fourth-order valence-corrected chi connectivity index (χ4v) is 2.42. The Bertz CT molecular complexity index is 446. The normalized spacial score (nSPS) is 16.3. The third-order valence-electron chi connectivity index (χ3n) is 3.28. The Hall–Kier alpha value is -1.33. The number of anilines is 1. The topological polar surface area (TPSA) is 71.2 Å². The van der Waals surface area contributed by atoms with Gasteiger partial charge in [-0.1, -0.05) is 18.0 Å². The number of nitrogen functional groups attached to an aromatic ring is 1. The molecule has 104 valence electrons. The molecule has 1 aromatic heterocycles. The zero-order valence-electron chi connectivity index (χ0n) is 10.9. The molecule has 1 fully saturated rings. The molecule has 0 radical (unpaired) electrons. The monoisotopic (exact) mass is 282 g/mol. The van der Waals surface area contributed by atoms with E-state index in [1.807, 2.05) is 0 Å². The first-order chi connectivity index (χ1) is 9.16. The van der Waals surface area contributed by atoms with Gasteiger partial charge in [0.25, 0.3) is 5.91 Å². The molecule has 0 aliphatic carbocycles. The number of piperidine rings is 1. The van der Waals surface area contributed by atoms with Crippen molar-refractivity contribution >= 4 is 23.3 Å². The van der Waals surface area contributed by atoms with Crippen molar-refractivity contribution in [1.82, 2.24) is 15.2 Å². The molecule has 2 heterocycles.